The van der Waals surface area contributed by atoms with Gasteiger partial charge in [0.2, 0.25) is 0 Å². The number of aromatic nitrogens is 1. The van der Waals surface area contributed by atoms with Crippen LogP contribution in [0.15, 0.2) is 73.1 Å². The maximum Gasteiger partial charge on any atom is 0.255 e. The van der Waals surface area contributed by atoms with Crippen LogP contribution in [0.2, 0.25) is 0 Å². The summed E-state index contributed by atoms with van der Waals surface area (Å²) in [4.78, 5) is 16.5. The Morgan fingerprint density at radius 2 is 1.52 bits per heavy atom. The van der Waals surface area contributed by atoms with E-state index in [1.807, 2.05) is 72.1 Å². The van der Waals surface area contributed by atoms with Gasteiger partial charge in [-0.15, -0.1) is 23.5 Å². The lowest BCUT2D eigenvalue weighted by molar-refractivity contribution is 0.102. The van der Waals surface area contributed by atoms with Crippen LogP contribution in [0.4, 0.5) is 5.69 Å². The molecule has 136 valence electrons. The van der Waals surface area contributed by atoms with Crippen molar-refractivity contribution in [3.05, 3.63) is 95.3 Å². The summed E-state index contributed by atoms with van der Waals surface area (Å²) in [7, 11) is 0. The molecule has 4 rings (SSSR count). The van der Waals surface area contributed by atoms with Gasteiger partial charge in [-0.1, -0.05) is 24.3 Å². The fourth-order valence-electron chi connectivity index (χ4n) is 2.99. The molecule has 0 radical (unpaired) electrons. The standard InChI is InChI=1S/C22H20N2OS2/c25-21(18-3-5-19(6-4-18)22-26-13-14-27-22)24-20-7-1-16(2-8-20)15-17-9-11-23-12-10-17/h1-12,22H,13-15H2,(H,24,25). The predicted octanol–water partition coefficient (Wildman–Crippen LogP) is 5.40. The van der Waals surface area contributed by atoms with Crippen molar-refractivity contribution in [1.82, 2.24) is 4.98 Å². The number of anilines is 1. The molecule has 0 spiro atoms. The zero-order chi connectivity index (χ0) is 18.5. The largest absolute Gasteiger partial charge is 0.322 e. The second-order valence-corrected chi connectivity index (χ2v) is 9.10. The van der Waals surface area contributed by atoms with E-state index in [1.165, 1.54) is 28.2 Å². The van der Waals surface area contributed by atoms with E-state index in [9.17, 15) is 4.79 Å². The molecule has 0 atom stereocenters. The number of carbonyl (C=O) groups excluding carboxylic acids is 1. The fraction of sp³-hybridized carbons (Fsp3) is 0.182. The van der Waals surface area contributed by atoms with Gasteiger partial charge in [-0.05, 0) is 59.5 Å². The molecule has 1 aromatic heterocycles. The molecule has 1 fully saturated rings. The second-order valence-electron chi connectivity index (χ2n) is 6.38. The minimum atomic E-state index is -0.0739. The van der Waals surface area contributed by atoms with Crippen LogP contribution in [0, 0.1) is 0 Å². The molecule has 0 saturated carbocycles. The highest BCUT2D eigenvalue weighted by Crippen LogP contribution is 2.45. The maximum atomic E-state index is 12.5. The number of benzene rings is 2. The van der Waals surface area contributed by atoms with E-state index in [-0.39, 0.29) is 5.91 Å². The van der Waals surface area contributed by atoms with Gasteiger partial charge in [-0.2, -0.15) is 0 Å². The molecule has 2 aromatic carbocycles. The molecule has 1 aliphatic heterocycles. The number of nitrogens with one attached hydrogen (secondary N) is 1. The summed E-state index contributed by atoms with van der Waals surface area (Å²) in [6.45, 7) is 0. The first-order valence-corrected chi connectivity index (χ1v) is 11.0. The first-order chi connectivity index (χ1) is 13.3. The van der Waals surface area contributed by atoms with Crippen molar-refractivity contribution < 1.29 is 4.79 Å². The van der Waals surface area contributed by atoms with Crippen molar-refractivity contribution in [2.24, 2.45) is 0 Å². The van der Waals surface area contributed by atoms with Crippen molar-refractivity contribution in [1.29, 1.82) is 0 Å². The molecule has 1 N–H and O–H groups in total. The Morgan fingerprint density at radius 3 is 2.19 bits per heavy atom. The molecular formula is C22H20N2OS2. The molecule has 0 unspecified atom stereocenters. The Balaban J connectivity index is 1.37. The highest BCUT2D eigenvalue weighted by Gasteiger charge is 2.18. The van der Waals surface area contributed by atoms with Crippen molar-refractivity contribution in [3.8, 4) is 0 Å². The summed E-state index contributed by atoms with van der Waals surface area (Å²) < 4.78 is 0.509. The van der Waals surface area contributed by atoms with E-state index < -0.39 is 0 Å². The zero-order valence-electron chi connectivity index (χ0n) is 14.8. The summed E-state index contributed by atoms with van der Waals surface area (Å²) in [6, 6.07) is 20.0. The molecule has 0 bridgehead atoms. The minimum absolute atomic E-state index is 0.0739. The Hall–Kier alpha value is -2.24. The molecule has 1 amide bonds. The number of rotatable bonds is 5. The fourth-order valence-corrected chi connectivity index (χ4v) is 5.85. The smallest absolute Gasteiger partial charge is 0.255 e. The lowest BCUT2D eigenvalue weighted by Gasteiger charge is -2.10. The van der Waals surface area contributed by atoms with E-state index in [0.29, 0.717) is 10.1 Å². The first-order valence-electron chi connectivity index (χ1n) is 8.90. The van der Waals surface area contributed by atoms with Crippen molar-refractivity contribution in [2.75, 3.05) is 16.8 Å². The summed E-state index contributed by atoms with van der Waals surface area (Å²) >= 11 is 3.95. The van der Waals surface area contributed by atoms with Gasteiger partial charge in [-0.25, -0.2) is 0 Å². The van der Waals surface area contributed by atoms with Gasteiger partial charge in [0.25, 0.3) is 5.91 Å². The topological polar surface area (TPSA) is 42.0 Å². The Labute approximate surface area is 168 Å². The third-order valence-electron chi connectivity index (χ3n) is 4.44. The summed E-state index contributed by atoms with van der Waals surface area (Å²) in [5.41, 5.74) is 5.21. The quantitative estimate of drug-likeness (QED) is 0.631. The average molecular weight is 393 g/mol. The monoisotopic (exact) mass is 392 g/mol. The van der Waals surface area contributed by atoms with Crippen LogP contribution in [0.1, 0.15) is 31.6 Å². The normalized spacial score (nSPS) is 14.2. The lowest BCUT2D eigenvalue weighted by Crippen LogP contribution is -2.11. The van der Waals surface area contributed by atoms with E-state index in [4.69, 9.17) is 0 Å². The van der Waals surface area contributed by atoms with Crippen LogP contribution in [0.5, 0.6) is 0 Å². The molecule has 1 aliphatic rings. The van der Waals surface area contributed by atoms with E-state index in [2.05, 4.69) is 22.4 Å². The van der Waals surface area contributed by atoms with Crippen molar-refractivity contribution >= 4 is 35.1 Å². The average Bonchev–Trinajstić information content (AvgIpc) is 3.25. The number of hydrogen-bond acceptors (Lipinski definition) is 4. The molecule has 3 aromatic rings. The number of amides is 1. The Bertz CT molecular complexity index is 890. The number of pyridine rings is 1. The van der Waals surface area contributed by atoms with Crippen LogP contribution >= 0.6 is 23.5 Å². The summed E-state index contributed by atoms with van der Waals surface area (Å²) in [5, 5.41) is 2.98. The van der Waals surface area contributed by atoms with E-state index in [0.717, 1.165) is 12.1 Å². The number of carbonyl (C=O) groups is 1. The highest BCUT2D eigenvalue weighted by atomic mass is 32.2. The molecule has 0 aliphatic carbocycles. The summed E-state index contributed by atoms with van der Waals surface area (Å²) in [5.74, 6) is 2.33. The van der Waals surface area contributed by atoms with Gasteiger partial charge in [0.15, 0.2) is 0 Å². The number of nitrogens with zero attached hydrogens (tertiary/aromatic N) is 1. The molecule has 3 nitrogen and oxygen atoms in total. The van der Waals surface area contributed by atoms with Crippen molar-refractivity contribution in [3.63, 3.8) is 0 Å². The molecular weight excluding hydrogens is 372 g/mol. The van der Waals surface area contributed by atoms with Crippen molar-refractivity contribution in [2.45, 2.75) is 11.0 Å². The van der Waals surface area contributed by atoms with Gasteiger partial charge in [-0.3, -0.25) is 9.78 Å². The number of hydrogen-bond donors (Lipinski definition) is 1. The zero-order valence-corrected chi connectivity index (χ0v) is 16.4. The molecule has 5 heteroatoms. The van der Waals surface area contributed by atoms with Gasteiger partial charge in [0, 0.05) is 35.2 Å². The predicted molar refractivity (Wildman–Crippen MR) is 116 cm³/mol. The van der Waals surface area contributed by atoms with E-state index in [1.54, 1.807) is 12.4 Å². The number of thioether (sulfide) groups is 2. The second kappa shape index (κ2) is 8.63. The first kappa shape index (κ1) is 18.1. The van der Waals surface area contributed by atoms with Crippen LogP contribution in [-0.2, 0) is 6.42 Å². The maximum absolute atomic E-state index is 12.5. The third-order valence-corrected chi connectivity index (χ3v) is 7.54. The minimum Gasteiger partial charge on any atom is -0.322 e. The third kappa shape index (κ3) is 4.73. The lowest BCUT2D eigenvalue weighted by atomic mass is 10.1. The molecule has 2 heterocycles. The van der Waals surface area contributed by atoms with Crippen LogP contribution < -0.4 is 5.32 Å². The van der Waals surface area contributed by atoms with Gasteiger partial charge < -0.3 is 5.32 Å². The molecule has 1 saturated heterocycles. The van der Waals surface area contributed by atoms with Crippen LogP contribution in [0.25, 0.3) is 0 Å². The van der Waals surface area contributed by atoms with Gasteiger partial charge in [0.05, 0.1) is 4.58 Å². The van der Waals surface area contributed by atoms with E-state index >= 15 is 0 Å². The van der Waals surface area contributed by atoms with Gasteiger partial charge >= 0.3 is 0 Å². The Kier molecular flexibility index (Phi) is 5.80. The van der Waals surface area contributed by atoms with Crippen LogP contribution in [-0.4, -0.2) is 22.4 Å². The Morgan fingerprint density at radius 1 is 0.889 bits per heavy atom. The molecule has 27 heavy (non-hydrogen) atoms. The van der Waals surface area contributed by atoms with Gasteiger partial charge in [0.1, 0.15) is 0 Å². The van der Waals surface area contributed by atoms with Crippen LogP contribution in [0.3, 0.4) is 0 Å². The SMILES string of the molecule is O=C(Nc1ccc(Cc2ccncc2)cc1)c1ccc(C2SCCS2)cc1. The summed E-state index contributed by atoms with van der Waals surface area (Å²) in [6.07, 6.45) is 4.47. The highest BCUT2D eigenvalue weighted by molar-refractivity contribution is 8.19.